The van der Waals surface area contributed by atoms with Crippen molar-refractivity contribution in [1.82, 2.24) is 14.4 Å². The lowest BCUT2D eigenvalue weighted by Gasteiger charge is -2.31. The maximum absolute atomic E-state index is 13.4. The number of benzene rings is 1. The molecule has 1 saturated heterocycles. The van der Waals surface area contributed by atoms with Crippen LogP contribution in [0.25, 0.3) is 10.7 Å². The van der Waals surface area contributed by atoms with Crippen molar-refractivity contribution in [3.63, 3.8) is 0 Å². The third-order valence-corrected chi connectivity index (χ3v) is 8.52. The molecule has 1 N–H and O–H groups in total. The summed E-state index contributed by atoms with van der Waals surface area (Å²) in [7, 11) is -2.24. The Bertz CT molecular complexity index is 1230. The number of carbonyl (C=O) groups is 1. The van der Waals surface area contributed by atoms with Gasteiger partial charge in [-0.2, -0.15) is 9.29 Å². The monoisotopic (exact) mass is 476 g/mol. The van der Waals surface area contributed by atoms with Gasteiger partial charge in [0.15, 0.2) is 0 Å². The molecule has 1 aliphatic rings. The molecule has 32 heavy (non-hydrogen) atoms. The number of methoxy groups -OCH3 is 1. The van der Waals surface area contributed by atoms with Crippen molar-refractivity contribution in [1.29, 1.82) is 0 Å². The number of nitrogens with zero attached hydrogens (tertiary/aromatic N) is 3. The van der Waals surface area contributed by atoms with Crippen LogP contribution in [0.2, 0.25) is 0 Å². The lowest BCUT2D eigenvalue weighted by Crippen LogP contribution is -2.43. The zero-order valence-electron chi connectivity index (χ0n) is 18.0. The Kier molecular flexibility index (Phi) is 6.31. The smallest absolute Gasteiger partial charge is 0.244 e. The minimum absolute atomic E-state index is 0.120. The molecule has 3 heterocycles. The predicted molar refractivity (Wildman–Crippen MR) is 120 cm³/mol. The molecule has 0 bridgehead atoms. The number of ether oxygens (including phenoxy) is 1. The second kappa shape index (κ2) is 9.00. The van der Waals surface area contributed by atoms with Gasteiger partial charge in [-0.25, -0.2) is 8.42 Å². The van der Waals surface area contributed by atoms with E-state index in [-0.39, 0.29) is 17.3 Å². The lowest BCUT2D eigenvalue weighted by atomic mass is 9.98. The van der Waals surface area contributed by atoms with E-state index in [1.54, 1.807) is 38.1 Å². The zero-order chi connectivity index (χ0) is 22.9. The van der Waals surface area contributed by atoms with Crippen molar-refractivity contribution in [2.75, 3.05) is 25.5 Å². The zero-order valence-corrected chi connectivity index (χ0v) is 19.6. The molecule has 0 saturated carbocycles. The first-order chi connectivity index (χ1) is 15.3. The SMILES string of the molecule is COc1ccccc1NC(=O)[C@@H]1CCCN(S(=O)(=O)c2cc(-c3noc(C)n3)sc2C)C1. The molecule has 0 aliphatic carbocycles. The number of hydrogen-bond donors (Lipinski definition) is 1. The molecule has 1 aliphatic heterocycles. The van der Waals surface area contributed by atoms with Crippen LogP contribution in [0.4, 0.5) is 5.69 Å². The van der Waals surface area contributed by atoms with E-state index in [0.29, 0.717) is 52.3 Å². The fourth-order valence-corrected chi connectivity index (χ4v) is 6.74. The normalized spacial score (nSPS) is 17.3. The molecule has 1 fully saturated rings. The highest BCUT2D eigenvalue weighted by Crippen LogP contribution is 2.35. The van der Waals surface area contributed by atoms with Crippen LogP contribution in [-0.2, 0) is 14.8 Å². The van der Waals surface area contributed by atoms with Crippen LogP contribution in [0, 0.1) is 19.8 Å². The standard InChI is InChI=1S/C21H24N4O5S2/c1-13-19(11-18(31-13)20-22-14(2)30-24-20)32(27,28)25-10-6-7-15(12-25)21(26)23-16-8-4-5-9-17(16)29-3/h4-5,8-9,11,15H,6-7,10,12H2,1-3H3,(H,23,26)/t15-/m1/s1. The summed E-state index contributed by atoms with van der Waals surface area (Å²) < 4.78 is 38.5. The molecule has 11 heteroatoms. The van der Waals surface area contributed by atoms with Gasteiger partial charge >= 0.3 is 0 Å². The first-order valence-corrected chi connectivity index (χ1v) is 12.4. The van der Waals surface area contributed by atoms with E-state index in [0.717, 1.165) is 0 Å². The number of carbonyl (C=O) groups excluding carboxylic acids is 1. The van der Waals surface area contributed by atoms with E-state index in [9.17, 15) is 13.2 Å². The number of aromatic nitrogens is 2. The summed E-state index contributed by atoms with van der Waals surface area (Å²) in [6.07, 6.45) is 1.21. The number of rotatable bonds is 6. The Balaban J connectivity index is 1.52. The molecule has 0 unspecified atom stereocenters. The summed E-state index contributed by atoms with van der Waals surface area (Å²) in [5.41, 5.74) is 0.564. The number of hydrogen-bond acceptors (Lipinski definition) is 8. The van der Waals surface area contributed by atoms with Crippen molar-refractivity contribution < 1.29 is 22.5 Å². The number of amides is 1. The van der Waals surface area contributed by atoms with Gasteiger partial charge in [0.05, 0.1) is 28.5 Å². The first-order valence-electron chi connectivity index (χ1n) is 10.1. The van der Waals surface area contributed by atoms with Crippen molar-refractivity contribution in [2.45, 2.75) is 31.6 Å². The number of sulfonamides is 1. The second-order valence-corrected chi connectivity index (χ2v) is 10.7. The average Bonchev–Trinajstić information content (AvgIpc) is 3.40. The summed E-state index contributed by atoms with van der Waals surface area (Å²) in [5, 5.41) is 6.75. The quantitative estimate of drug-likeness (QED) is 0.579. The van der Waals surface area contributed by atoms with Crippen LogP contribution in [0.1, 0.15) is 23.6 Å². The van der Waals surface area contributed by atoms with E-state index in [4.69, 9.17) is 9.26 Å². The minimum Gasteiger partial charge on any atom is -0.495 e. The largest absolute Gasteiger partial charge is 0.495 e. The maximum Gasteiger partial charge on any atom is 0.244 e. The highest BCUT2D eigenvalue weighted by atomic mass is 32.2. The average molecular weight is 477 g/mol. The van der Waals surface area contributed by atoms with Gasteiger partial charge in [0.1, 0.15) is 5.75 Å². The third-order valence-electron chi connectivity index (χ3n) is 5.36. The number of aryl methyl sites for hydroxylation is 2. The van der Waals surface area contributed by atoms with Gasteiger partial charge in [-0.3, -0.25) is 4.79 Å². The topological polar surface area (TPSA) is 115 Å². The molecular formula is C21H24N4O5S2. The summed E-state index contributed by atoms with van der Waals surface area (Å²) in [6.45, 7) is 3.92. The molecule has 2 aromatic heterocycles. The fourth-order valence-electron chi connectivity index (χ4n) is 3.73. The minimum atomic E-state index is -3.77. The van der Waals surface area contributed by atoms with Crippen LogP contribution in [0.5, 0.6) is 5.75 Å². The van der Waals surface area contributed by atoms with E-state index >= 15 is 0 Å². The Morgan fingerprint density at radius 1 is 1.31 bits per heavy atom. The predicted octanol–water partition coefficient (Wildman–Crippen LogP) is 3.46. The fraction of sp³-hybridized carbons (Fsp3) is 0.381. The van der Waals surface area contributed by atoms with Gasteiger partial charge in [-0.15, -0.1) is 11.3 Å². The van der Waals surface area contributed by atoms with E-state index in [2.05, 4.69) is 15.5 Å². The summed E-state index contributed by atoms with van der Waals surface area (Å²) in [6, 6.07) is 8.71. The van der Waals surface area contributed by atoms with Crippen molar-refractivity contribution in [2.24, 2.45) is 5.92 Å². The number of para-hydroxylation sites is 2. The summed E-state index contributed by atoms with van der Waals surface area (Å²) in [4.78, 5) is 18.6. The maximum atomic E-state index is 13.4. The van der Waals surface area contributed by atoms with Gasteiger partial charge < -0.3 is 14.6 Å². The Labute approximate surface area is 190 Å². The molecule has 9 nitrogen and oxygen atoms in total. The van der Waals surface area contributed by atoms with Crippen molar-refractivity contribution >= 4 is 33.0 Å². The van der Waals surface area contributed by atoms with Gasteiger partial charge in [-0.05, 0) is 38.0 Å². The van der Waals surface area contributed by atoms with Gasteiger partial charge in [-0.1, -0.05) is 17.3 Å². The van der Waals surface area contributed by atoms with E-state index in [1.807, 2.05) is 6.07 Å². The Morgan fingerprint density at radius 2 is 2.09 bits per heavy atom. The Morgan fingerprint density at radius 3 is 2.81 bits per heavy atom. The number of thiophene rings is 1. The summed E-state index contributed by atoms with van der Waals surface area (Å²) in [5.74, 6) is 0.653. The van der Waals surface area contributed by atoms with E-state index < -0.39 is 15.9 Å². The number of piperidine rings is 1. The molecule has 0 radical (unpaired) electrons. The number of anilines is 1. The Hall–Kier alpha value is -2.76. The highest BCUT2D eigenvalue weighted by Gasteiger charge is 2.35. The van der Waals surface area contributed by atoms with Crippen LogP contribution in [0.15, 0.2) is 39.8 Å². The van der Waals surface area contributed by atoms with Crippen molar-refractivity contribution in [3.8, 4) is 16.5 Å². The molecule has 1 amide bonds. The van der Waals surface area contributed by atoms with Gasteiger partial charge in [0.2, 0.25) is 27.6 Å². The summed E-state index contributed by atoms with van der Waals surface area (Å²) >= 11 is 1.30. The molecular weight excluding hydrogens is 452 g/mol. The molecule has 170 valence electrons. The number of nitrogens with one attached hydrogen (secondary N) is 1. The molecule has 0 spiro atoms. The van der Waals surface area contributed by atoms with Crippen molar-refractivity contribution in [3.05, 3.63) is 41.1 Å². The molecule has 4 rings (SSSR count). The van der Waals surface area contributed by atoms with Crippen LogP contribution >= 0.6 is 11.3 Å². The second-order valence-electron chi connectivity index (χ2n) is 7.56. The lowest BCUT2D eigenvalue weighted by molar-refractivity contribution is -0.120. The first kappa shape index (κ1) is 22.4. The van der Waals surface area contributed by atoms with Gasteiger partial charge in [0.25, 0.3) is 0 Å². The van der Waals surface area contributed by atoms with Crippen LogP contribution in [0.3, 0.4) is 0 Å². The molecule has 1 aromatic carbocycles. The van der Waals surface area contributed by atoms with E-state index in [1.165, 1.54) is 22.8 Å². The van der Waals surface area contributed by atoms with Gasteiger partial charge in [0, 0.05) is 24.9 Å². The molecule has 1 atom stereocenters. The highest BCUT2D eigenvalue weighted by molar-refractivity contribution is 7.89. The van der Waals surface area contributed by atoms with Crippen LogP contribution in [-0.4, -0.2) is 49.0 Å². The third kappa shape index (κ3) is 4.41. The van der Waals surface area contributed by atoms with Crippen LogP contribution < -0.4 is 10.1 Å². The molecule has 3 aromatic rings.